The van der Waals surface area contributed by atoms with E-state index in [4.69, 9.17) is 4.74 Å². The van der Waals surface area contributed by atoms with E-state index in [0.29, 0.717) is 5.82 Å². The van der Waals surface area contributed by atoms with Crippen molar-refractivity contribution in [3.63, 3.8) is 0 Å². The summed E-state index contributed by atoms with van der Waals surface area (Å²) in [6, 6.07) is 7.32. The van der Waals surface area contributed by atoms with Crippen LogP contribution in [0.3, 0.4) is 0 Å². The number of likely N-dealkylation sites (tertiary alicyclic amines) is 1. The molecule has 1 saturated heterocycles. The molecule has 1 aliphatic rings. The molecule has 29 heavy (non-hydrogen) atoms. The summed E-state index contributed by atoms with van der Waals surface area (Å²) in [5.41, 5.74) is 1.77. The van der Waals surface area contributed by atoms with E-state index in [1.807, 2.05) is 38.1 Å². The van der Waals surface area contributed by atoms with Crippen LogP contribution in [0.4, 0.5) is 0 Å². The van der Waals surface area contributed by atoms with E-state index in [-0.39, 0.29) is 37.0 Å². The second kappa shape index (κ2) is 8.90. The Morgan fingerprint density at radius 2 is 2.00 bits per heavy atom. The number of carbonyl (C=O) groups is 3. The van der Waals surface area contributed by atoms with Gasteiger partial charge < -0.3 is 14.6 Å². The van der Waals surface area contributed by atoms with Crippen LogP contribution in [0.2, 0.25) is 0 Å². The van der Waals surface area contributed by atoms with Crippen molar-refractivity contribution >= 4 is 33.6 Å². The summed E-state index contributed by atoms with van der Waals surface area (Å²) < 4.78 is 5.71. The minimum atomic E-state index is -0.545. The van der Waals surface area contributed by atoms with Gasteiger partial charge in [0, 0.05) is 10.9 Å². The van der Waals surface area contributed by atoms with E-state index in [1.54, 1.807) is 11.1 Å². The smallest absolute Gasteiger partial charge is 0.306 e. The fourth-order valence-corrected chi connectivity index (χ4v) is 3.80. The summed E-state index contributed by atoms with van der Waals surface area (Å²) in [4.78, 5) is 46.4. The molecule has 7 nitrogen and oxygen atoms in total. The topological polar surface area (TPSA) is 92.4 Å². The predicted molar refractivity (Wildman–Crippen MR) is 111 cm³/mol. The fraction of sp³-hybridized carbons (Fsp3) is 0.429. The molecule has 2 atom stereocenters. The summed E-state index contributed by atoms with van der Waals surface area (Å²) in [6.07, 6.45) is 1.91. The Balaban J connectivity index is 1.84. The summed E-state index contributed by atoms with van der Waals surface area (Å²) >= 11 is 3.41. The molecule has 0 radical (unpaired) electrons. The number of aromatic nitrogens is 2. The molecule has 1 aromatic carbocycles. The van der Waals surface area contributed by atoms with Crippen molar-refractivity contribution in [3.8, 4) is 11.3 Å². The summed E-state index contributed by atoms with van der Waals surface area (Å²) in [5, 5.41) is 0. The van der Waals surface area contributed by atoms with Gasteiger partial charge in [-0.1, -0.05) is 41.9 Å². The number of methoxy groups -OCH3 is 1. The van der Waals surface area contributed by atoms with Crippen LogP contribution in [0.15, 0.2) is 34.9 Å². The molecule has 154 valence electrons. The van der Waals surface area contributed by atoms with Crippen molar-refractivity contribution in [3.05, 3.63) is 40.8 Å². The van der Waals surface area contributed by atoms with Gasteiger partial charge in [-0.05, 0) is 23.6 Å². The Hall–Kier alpha value is -2.48. The first-order valence-corrected chi connectivity index (χ1v) is 10.3. The molecule has 8 heteroatoms. The average molecular weight is 462 g/mol. The summed E-state index contributed by atoms with van der Waals surface area (Å²) in [7, 11) is 1.30. The first-order valence-electron chi connectivity index (χ1n) is 9.50. The number of amides is 1. The van der Waals surface area contributed by atoms with Crippen LogP contribution in [0.25, 0.3) is 11.3 Å². The third-order valence-corrected chi connectivity index (χ3v) is 5.76. The number of Topliss-reactive ketones (excluding diaryl/α,β-unsaturated/α-hetero) is 1. The predicted octanol–water partition coefficient (Wildman–Crippen LogP) is 3.52. The van der Waals surface area contributed by atoms with Crippen LogP contribution in [0.1, 0.15) is 38.6 Å². The number of nitrogens with one attached hydrogen (secondary N) is 1. The van der Waals surface area contributed by atoms with Gasteiger partial charge in [-0.15, -0.1) is 0 Å². The van der Waals surface area contributed by atoms with Crippen LogP contribution >= 0.6 is 15.9 Å². The number of imidazole rings is 1. The molecule has 1 aliphatic heterocycles. The van der Waals surface area contributed by atoms with Gasteiger partial charge in [0.25, 0.3) is 0 Å². The number of carbonyl (C=O) groups excluding carboxylic acids is 3. The number of hydrogen-bond acceptors (Lipinski definition) is 5. The molecule has 0 spiro atoms. The lowest BCUT2D eigenvalue weighted by Crippen LogP contribution is -2.39. The highest BCUT2D eigenvalue weighted by molar-refractivity contribution is 9.10. The molecule has 2 unspecified atom stereocenters. The maximum atomic E-state index is 13.2. The monoisotopic (exact) mass is 461 g/mol. The third kappa shape index (κ3) is 4.75. The van der Waals surface area contributed by atoms with Gasteiger partial charge in [0.15, 0.2) is 5.78 Å². The summed E-state index contributed by atoms with van der Waals surface area (Å²) in [5.74, 6) is -0.713. The fourth-order valence-electron chi connectivity index (χ4n) is 3.53. The van der Waals surface area contributed by atoms with Crippen molar-refractivity contribution in [2.45, 2.75) is 32.7 Å². The maximum absolute atomic E-state index is 13.2. The lowest BCUT2D eigenvalue weighted by molar-refractivity contribution is -0.148. The number of esters is 1. The molecule has 2 aromatic rings. The zero-order valence-corrected chi connectivity index (χ0v) is 18.2. The largest absolute Gasteiger partial charge is 0.469 e. The van der Waals surface area contributed by atoms with Gasteiger partial charge >= 0.3 is 5.97 Å². The Kier molecular flexibility index (Phi) is 6.52. The van der Waals surface area contributed by atoms with Crippen LogP contribution in [0.5, 0.6) is 0 Å². The molecule has 1 amide bonds. The zero-order chi connectivity index (χ0) is 21.1. The molecule has 0 aliphatic carbocycles. The molecule has 0 bridgehead atoms. The SMILES string of the molecule is COC(=O)CC(C(=O)N1CC(=O)CC1c1ncc(-c2ccc(Br)cc2)[nH]1)C(C)C. The molecule has 3 rings (SSSR count). The quantitative estimate of drug-likeness (QED) is 0.664. The van der Waals surface area contributed by atoms with Crippen molar-refractivity contribution in [2.24, 2.45) is 11.8 Å². The van der Waals surface area contributed by atoms with Crippen molar-refractivity contribution in [1.29, 1.82) is 0 Å². The van der Waals surface area contributed by atoms with Crippen LogP contribution in [-0.4, -0.2) is 46.2 Å². The molecule has 0 saturated carbocycles. The second-order valence-corrected chi connectivity index (χ2v) is 8.46. The van der Waals surface area contributed by atoms with Crippen molar-refractivity contribution in [2.75, 3.05) is 13.7 Å². The number of ketones is 1. The minimum absolute atomic E-state index is 0.00723. The van der Waals surface area contributed by atoms with E-state index >= 15 is 0 Å². The highest BCUT2D eigenvalue weighted by Gasteiger charge is 2.40. The van der Waals surface area contributed by atoms with Crippen molar-refractivity contribution in [1.82, 2.24) is 14.9 Å². The van der Waals surface area contributed by atoms with Crippen LogP contribution in [-0.2, 0) is 19.1 Å². The van der Waals surface area contributed by atoms with Gasteiger partial charge in [-0.2, -0.15) is 0 Å². The highest BCUT2D eigenvalue weighted by Crippen LogP contribution is 2.33. The zero-order valence-electron chi connectivity index (χ0n) is 16.6. The van der Waals surface area contributed by atoms with Gasteiger partial charge in [0.1, 0.15) is 5.82 Å². The summed E-state index contributed by atoms with van der Waals surface area (Å²) in [6.45, 7) is 3.80. The van der Waals surface area contributed by atoms with E-state index in [1.165, 1.54) is 7.11 Å². The molecule has 1 fully saturated rings. The van der Waals surface area contributed by atoms with Gasteiger partial charge in [-0.3, -0.25) is 14.4 Å². The van der Waals surface area contributed by atoms with E-state index in [0.717, 1.165) is 15.7 Å². The number of benzene rings is 1. The molecule has 1 N–H and O–H groups in total. The number of H-pyrrole nitrogens is 1. The molecular formula is C21H24BrN3O4. The number of nitrogens with zero attached hydrogens (tertiary/aromatic N) is 2. The van der Waals surface area contributed by atoms with Crippen LogP contribution < -0.4 is 0 Å². The van der Waals surface area contributed by atoms with E-state index < -0.39 is 17.9 Å². The third-order valence-electron chi connectivity index (χ3n) is 5.23. The number of ether oxygens (including phenoxy) is 1. The maximum Gasteiger partial charge on any atom is 0.306 e. The second-order valence-electron chi connectivity index (χ2n) is 7.54. The number of aromatic amines is 1. The molecule has 2 heterocycles. The van der Waals surface area contributed by atoms with E-state index in [2.05, 4.69) is 25.9 Å². The van der Waals surface area contributed by atoms with Gasteiger partial charge in [0.2, 0.25) is 5.91 Å². The number of rotatable bonds is 6. The minimum Gasteiger partial charge on any atom is -0.469 e. The Bertz CT molecular complexity index is 907. The number of hydrogen-bond donors (Lipinski definition) is 1. The first kappa shape index (κ1) is 21.2. The highest BCUT2D eigenvalue weighted by atomic mass is 79.9. The lowest BCUT2D eigenvalue weighted by Gasteiger charge is -2.28. The Morgan fingerprint density at radius 3 is 2.62 bits per heavy atom. The normalized spacial score (nSPS) is 17.6. The first-order chi connectivity index (χ1) is 13.8. The molecular weight excluding hydrogens is 438 g/mol. The van der Waals surface area contributed by atoms with E-state index in [9.17, 15) is 14.4 Å². The average Bonchev–Trinajstić information content (AvgIpc) is 3.32. The van der Waals surface area contributed by atoms with Gasteiger partial charge in [-0.25, -0.2) is 4.98 Å². The Morgan fingerprint density at radius 1 is 1.31 bits per heavy atom. The Labute approximate surface area is 178 Å². The van der Waals surface area contributed by atoms with Crippen molar-refractivity contribution < 1.29 is 19.1 Å². The molecule has 1 aromatic heterocycles. The number of halogens is 1. The van der Waals surface area contributed by atoms with Crippen LogP contribution in [0, 0.1) is 11.8 Å². The lowest BCUT2D eigenvalue weighted by atomic mass is 9.91. The standard InChI is InChI=1S/C21H24BrN3O4/c1-12(2)16(9-19(27)29-3)21(28)25-11-15(26)8-18(25)20-23-10-17(24-20)13-4-6-14(22)7-5-13/h4-7,10,12,16,18H,8-9,11H2,1-3H3,(H,23,24). The van der Waals surface area contributed by atoms with Gasteiger partial charge in [0.05, 0.1) is 43.9 Å².